The maximum absolute atomic E-state index is 12.8. The molecule has 2 N–H and O–H groups in total. The molecule has 1 aromatic carbocycles. The van der Waals surface area contributed by atoms with Gasteiger partial charge in [0.05, 0.1) is 15.5 Å². The van der Waals surface area contributed by atoms with Crippen LogP contribution in [0.4, 0.5) is 5.82 Å². The average molecular weight is 431 g/mol. The molecule has 3 aromatic rings. The number of aromatic amines is 1. The number of hydrogen-bond acceptors (Lipinski definition) is 5. The molecule has 7 nitrogen and oxygen atoms in total. The molecule has 1 aliphatic rings. The second kappa shape index (κ2) is 8.48. The van der Waals surface area contributed by atoms with Crippen LogP contribution in [0.25, 0.3) is 10.6 Å². The number of hydrogen-bond donors (Lipinski definition) is 2. The van der Waals surface area contributed by atoms with E-state index in [1.807, 2.05) is 17.5 Å². The van der Waals surface area contributed by atoms with Crippen molar-refractivity contribution in [2.75, 3.05) is 18.4 Å². The number of rotatable bonds is 5. The maximum Gasteiger partial charge on any atom is 0.256 e. The van der Waals surface area contributed by atoms with Crippen LogP contribution in [0.15, 0.2) is 52.7 Å². The smallest absolute Gasteiger partial charge is 0.256 e. The van der Waals surface area contributed by atoms with Gasteiger partial charge in [0.2, 0.25) is 10.0 Å². The Labute approximate surface area is 173 Å². The van der Waals surface area contributed by atoms with Crippen molar-refractivity contribution in [1.82, 2.24) is 14.5 Å². The van der Waals surface area contributed by atoms with Crippen LogP contribution in [0.1, 0.15) is 36.0 Å². The molecule has 2 aromatic heterocycles. The largest absolute Gasteiger partial charge is 0.305 e. The first-order valence-corrected chi connectivity index (χ1v) is 11.9. The van der Waals surface area contributed by atoms with Gasteiger partial charge in [-0.15, -0.1) is 11.3 Å². The molecule has 3 heterocycles. The number of H-pyrrole nitrogens is 1. The number of anilines is 1. The van der Waals surface area contributed by atoms with Gasteiger partial charge in [0.25, 0.3) is 5.91 Å². The fraction of sp³-hybridized carbons (Fsp3) is 0.300. The predicted molar refractivity (Wildman–Crippen MR) is 114 cm³/mol. The van der Waals surface area contributed by atoms with Crippen LogP contribution < -0.4 is 5.32 Å². The lowest BCUT2D eigenvalue weighted by Crippen LogP contribution is -2.31. The van der Waals surface area contributed by atoms with Gasteiger partial charge in [-0.1, -0.05) is 18.9 Å². The summed E-state index contributed by atoms with van der Waals surface area (Å²) in [6.07, 6.45) is 3.90. The standard InChI is InChI=1S/C20H22N4O3S2/c25-20(21-19-14-17(22-23-19)18-6-5-13-28-18)15-7-9-16(10-8-15)29(26,27)24-11-3-1-2-4-12-24/h5-10,13-14H,1-4,11-12H2,(H2,21,22,23,25). The molecule has 0 atom stereocenters. The SMILES string of the molecule is O=C(Nc1cc(-c2cccs2)[nH]n1)c1ccc(S(=O)(=O)N2CCCCCC2)cc1. The van der Waals surface area contributed by atoms with Crippen LogP contribution >= 0.6 is 11.3 Å². The third-order valence-electron chi connectivity index (χ3n) is 4.93. The fourth-order valence-electron chi connectivity index (χ4n) is 3.34. The van der Waals surface area contributed by atoms with Gasteiger partial charge in [0, 0.05) is 24.7 Å². The first-order chi connectivity index (χ1) is 14.0. The van der Waals surface area contributed by atoms with Crippen molar-refractivity contribution in [2.24, 2.45) is 0 Å². The van der Waals surface area contributed by atoms with Crippen molar-refractivity contribution in [2.45, 2.75) is 30.6 Å². The molecule has 9 heteroatoms. The number of nitrogens with one attached hydrogen (secondary N) is 2. The Morgan fingerprint density at radius 2 is 1.79 bits per heavy atom. The van der Waals surface area contributed by atoms with Crippen molar-refractivity contribution >= 4 is 33.1 Å². The number of sulfonamides is 1. The number of carbonyl (C=O) groups excluding carboxylic acids is 1. The Morgan fingerprint density at radius 3 is 2.45 bits per heavy atom. The molecule has 1 fully saturated rings. The Kier molecular flexibility index (Phi) is 5.79. The average Bonchev–Trinajstić information content (AvgIpc) is 3.34. The van der Waals surface area contributed by atoms with Crippen LogP contribution in [0, 0.1) is 0 Å². The van der Waals surface area contributed by atoms with Crippen molar-refractivity contribution in [3.63, 3.8) is 0 Å². The minimum Gasteiger partial charge on any atom is -0.305 e. The van der Waals surface area contributed by atoms with Crippen LogP contribution in [0.3, 0.4) is 0 Å². The number of nitrogens with zero attached hydrogens (tertiary/aromatic N) is 2. The molecule has 4 rings (SSSR count). The zero-order valence-electron chi connectivity index (χ0n) is 15.8. The monoisotopic (exact) mass is 430 g/mol. The van der Waals surface area contributed by atoms with Crippen LogP contribution in [0.2, 0.25) is 0 Å². The molecule has 0 radical (unpaired) electrons. The van der Waals surface area contributed by atoms with Crippen LogP contribution in [-0.2, 0) is 10.0 Å². The second-order valence-corrected chi connectivity index (χ2v) is 9.83. The summed E-state index contributed by atoms with van der Waals surface area (Å²) in [5, 5.41) is 11.7. The second-order valence-electron chi connectivity index (χ2n) is 6.94. The van der Waals surface area contributed by atoms with E-state index in [0.29, 0.717) is 24.5 Å². The normalized spacial score (nSPS) is 15.7. The predicted octanol–water partition coefficient (Wildman–Crippen LogP) is 3.96. The maximum atomic E-state index is 12.8. The quantitative estimate of drug-likeness (QED) is 0.641. The Morgan fingerprint density at radius 1 is 1.07 bits per heavy atom. The van der Waals surface area contributed by atoms with Gasteiger partial charge in [0.1, 0.15) is 0 Å². The summed E-state index contributed by atoms with van der Waals surface area (Å²) in [4.78, 5) is 13.7. The highest BCUT2D eigenvalue weighted by Gasteiger charge is 2.25. The minimum absolute atomic E-state index is 0.218. The van der Waals surface area contributed by atoms with Gasteiger partial charge >= 0.3 is 0 Å². The number of benzene rings is 1. The minimum atomic E-state index is -3.52. The highest BCUT2D eigenvalue weighted by Crippen LogP contribution is 2.25. The van der Waals surface area contributed by atoms with E-state index in [-0.39, 0.29) is 10.8 Å². The van der Waals surface area contributed by atoms with Crippen molar-refractivity contribution in [3.8, 4) is 10.6 Å². The highest BCUT2D eigenvalue weighted by molar-refractivity contribution is 7.89. The van der Waals surface area contributed by atoms with Crippen LogP contribution in [0.5, 0.6) is 0 Å². The third kappa shape index (κ3) is 4.42. The molecular formula is C20H22N4O3S2. The molecule has 152 valence electrons. The van der Waals surface area contributed by atoms with Gasteiger partial charge in [-0.05, 0) is 48.6 Å². The molecule has 1 saturated heterocycles. The van der Waals surface area contributed by atoms with E-state index in [9.17, 15) is 13.2 Å². The molecular weight excluding hydrogens is 408 g/mol. The first kappa shape index (κ1) is 19.8. The van der Waals surface area contributed by atoms with Gasteiger partial charge in [-0.2, -0.15) is 9.40 Å². The fourth-order valence-corrected chi connectivity index (χ4v) is 5.55. The highest BCUT2D eigenvalue weighted by atomic mass is 32.2. The van der Waals surface area contributed by atoms with E-state index < -0.39 is 10.0 Å². The molecule has 0 saturated carbocycles. The number of carbonyl (C=O) groups is 1. The summed E-state index contributed by atoms with van der Waals surface area (Å²) < 4.78 is 27.2. The lowest BCUT2D eigenvalue weighted by molar-refractivity contribution is 0.102. The van der Waals surface area contributed by atoms with E-state index in [2.05, 4.69) is 15.5 Å². The zero-order valence-corrected chi connectivity index (χ0v) is 17.4. The van der Waals surface area contributed by atoms with E-state index in [1.165, 1.54) is 24.3 Å². The van der Waals surface area contributed by atoms with Crippen molar-refractivity contribution in [3.05, 3.63) is 53.4 Å². The van der Waals surface area contributed by atoms with E-state index in [1.54, 1.807) is 21.7 Å². The summed E-state index contributed by atoms with van der Waals surface area (Å²) >= 11 is 1.58. The Bertz CT molecular complexity index is 1070. The molecule has 1 amide bonds. The van der Waals surface area contributed by atoms with E-state index in [0.717, 1.165) is 36.3 Å². The van der Waals surface area contributed by atoms with Crippen molar-refractivity contribution < 1.29 is 13.2 Å². The molecule has 0 bridgehead atoms. The zero-order chi connectivity index (χ0) is 20.3. The Balaban J connectivity index is 1.45. The summed E-state index contributed by atoms with van der Waals surface area (Å²) in [6, 6.07) is 11.7. The lowest BCUT2D eigenvalue weighted by atomic mass is 10.2. The van der Waals surface area contributed by atoms with Gasteiger partial charge < -0.3 is 5.32 Å². The molecule has 0 spiro atoms. The summed E-state index contributed by atoms with van der Waals surface area (Å²) in [7, 11) is -3.52. The van der Waals surface area contributed by atoms with Crippen LogP contribution in [-0.4, -0.2) is 41.9 Å². The number of amides is 1. The summed E-state index contributed by atoms with van der Waals surface area (Å²) in [6.45, 7) is 1.10. The number of aromatic nitrogens is 2. The molecule has 0 unspecified atom stereocenters. The number of thiophene rings is 1. The first-order valence-electron chi connectivity index (χ1n) is 9.55. The topological polar surface area (TPSA) is 95.2 Å². The van der Waals surface area contributed by atoms with Gasteiger partial charge in [0.15, 0.2) is 5.82 Å². The summed E-state index contributed by atoms with van der Waals surface area (Å²) in [5.41, 5.74) is 1.20. The summed E-state index contributed by atoms with van der Waals surface area (Å²) in [5.74, 6) is 0.0765. The van der Waals surface area contributed by atoms with E-state index in [4.69, 9.17) is 0 Å². The molecule has 1 aliphatic heterocycles. The van der Waals surface area contributed by atoms with Gasteiger partial charge in [-0.3, -0.25) is 9.89 Å². The van der Waals surface area contributed by atoms with Gasteiger partial charge in [-0.25, -0.2) is 8.42 Å². The van der Waals surface area contributed by atoms with Crippen molar-refractivity contribution in [1.29, 1.82) is 0 Å². The molecule has 0 aliphatic carbocycles. The molecule has 29 heavy (non-hydrogen) atoms. The third-order valence-corrected chi connectivity index (χ3v) is 7.74. The van der Waals surface area contributed by atoms with E-state index >= 15 is 0 Å². The lowest BCUT2D eigenvalue weighted by Gasteiger charge is -2.20. The Hall–Kier alpha value is -2.49.